The number of rotatable bonds is 8. The maximum Gasteiger partial charge on any atom is 0.541 e. The van der Waals surface area contributed by atoms with Crippen LogP contribution in [0.4, 0.5) is 18.9 Å². The molecule has 0 atom stereocenters. The Hall–Kier alpha value is -3.32. The van der Waals surface area contributed by atoms with Crippen LogP contribution in [0.2, 0.25) is 0 Å². The number of hydrogen-bond donors (Lipinski definition) is 1. The lowest BCUT2D eigenvalue weighted by Crippen LogP contribution is -2.12. The Labute approximate surface area is 177 Å². The van der Waals surface area contributed by atoms with Crippen LogP contribution in [0.5, 0.6) is 23.0 Å². The van der Waals surface area contributed by atoms with Crippen molar-refractivity contribution in [2.75, 3.05) is 19.3 Å². The van der Waals surface area contributed by atoms with Crippen molar-refractivity contribution in [2.45, 2.75) is 6.18 Å². The number of para-hydroxylation sites is 4. The Morgan fingerprint density at radius 2 is 1.23 bits per heavy atom. The number of alkyl halides is 3. The van der Waals surface area contributed by atoms with E-state index in [0.29, 0.717) is 0 Å². The highest BCUT2D eigenvalue weighted by atomic mass is 31.2. The van der Waals surface area contributed by atoms with E-state index >= 15 is 0 Å². The zero-order chi connectivity index (χ0) is 22.5. The molecular weight excluding hydrogens is 434 g/mol. The van der Waals surface area contributed by atoms with Crippen molar-refractivity contribution in [1.82, 2.24) is 0 Å². The number of benzene rings is 3. The standard InChI is InChI=1S/C21H19F3NO5P/c1-27-17-10-3-5-12-19(17)29-31(26,30-20-13-6-4-11-18(20)28-2)25-16-9-7-8-15(14-16)21(22,23)24/h3-14H,1-2H3,(H,25,26). The molecule has 0 aliphatic carbocycles. The number of methoxy groups -OCH3 is 2. The minimum Gasteiger partial charge on any atom is -0.493 e. The molecule has 6 nitrogen and oxygen atoms in total. The Kier molecular flexibility index (Phi) is 6.65. The van der Waals surface area contributed by atoms with Crippen LogP contribution in [-0.2, 0) is 10.7 Å². The van der Waals surface area contributed by atoms with E-state index in [-0.39, 0.29) is 28.7 Å². The van der Waals surface area contributed by atoms with E-state index < -0.39 is 19.5 Å². The first-order valence-corrected chi connectivity index (χ1v) is 10.5. The molecule has 3 aromatic rings. The highest BCUT2D eigenvalue weighted by Gasteiger charge is 2.34. The lowest BCUT2D eigenvalue weighted by Gasteiger charge is -2.23. The van der Waals surface area contributed by atoms with E-state index in [1.807, 2.05) is 0 Å². The molecule has 0 amide bonds. The molecule has 31 heavy (non-hydrogen) atoms. The predicted molar refractivity (Wildman–Crippen MR) is 110 cm³/mol. The zero-order valence-electron chi connectivity index (χ0n) is 16.6. The fraction of sp³-hybridized carbons (Fsp3) is 0.143. The highest BCUT2D eigenvalue weighted by Crippen LogP contribution is 2.52. The Balaban J connectivity index is 2.00. The monoisotopic (exact) mass is 453 g/mol. The Bertz CT molecular complexity index is 1040. The SMILES string of the molecule is COc1ccccc1OP(=O)(Nc1cccc(C(F)(F)F)c1)Oc1ccccc1OC. The number of ether oxygens (including phenoxy) is 2. The summed E-state index contributed by atoms with van der Waals surface area (Å²) in [5, 5.41) is 2.47. The van der Waals surface area contributed by atoms with Gasteiger partial charge in [0.15, 0.2) is 23.0 Å². The molecule has 0 fully saturated rings. The molecule has 0 unspecified atom stereocenters. The van der Waals surface area contributed by atoms with Gasteiger partial charge in [-0.15, -0.1) is 0 Å². The van der Waals surface area contributed by atoms with E-state index in [9.17, 15) is 17.7 Å². The Morgan fingerprint density at radius 1 is 0.742 bits per heavy atom. The number of nitrogens with one attached hydrogen (secondary N) is 1. The summed E-state index contributed by atoms with van der Waals surface area (Å²) in [5.74, 6) is 0.666. The normalized spacial score (nSPS) is 11.5. The molecule has 0 radical (unpaired) electrons. The van der Waals surface area contributed by atoms with E-state index in [0.717, 1.165) is 12.1 Å². The number of halogens is 3. The van der Waals surface area contributed by atoms with Crippen molar-refractivity contribution >= 4 is 13.4 Å². The first kappa shape index (κ1) is 22.4. The Morgan fingerprint density at radius 3 is 1.68 bits per heavy atom. The minimum atomic E-state index is -4.57. The molecule has 0 saturated carbocycles. The fourth-order valence-corrected chi connectivity index (χ4v) is 4.04. The summed E-state index contributed by atoms with van der Waals surface area (Å²) in [7, 11) is -1.52. The summed E-state index contributed by atoms with van der Waals surface area (Å²) in [5.41, 5.74) is -1.03. The van der Waals surface area contributed by atoms with Gasteiger partial charge in [0.1, 0.15) is 0 Å². The topological polar surface area (TPSA) is 66.0 Å². The molecule has 0 heterocycles. The second-order valence-electron chi connectivity index (χ2n) is 6.17. The van der Waals surface area contributed by atoms with Gasteiger partial charge in [-0.05, 0) is 42.5 Å². The molecule has 0 aliphatic rings. The third-order valence-electron chi connectivity index (χ3n) is 4.03. The van der Waals surface area contributed by atoms with E-state index in [2.05, 4.69) is 5.09 Å². The fourth-order valence-electron chi connectivity index (χ4n) is 2.63. The maximum absolute atomic E-state index is 13.7. The van der Waals surface area contributed by atoms with Crippen LogP contribution in [0.1, 0.15) is 5.56 Å². The lowest BCUT2D eigenvalue weighted by atomic mass is 10.2. The van der Waals surface area contributed by atoms with Crippen molar-refractivity contribution in [3.63, 3.8) is 0 Å². The van der Waals surface area contributed by atoms with Crippen LogP contribution in [0, 0.1) is 0 Å². The quantitative estimate of drug-likeness (QED) is 0.398. The summed E-state index contributed by atoms with van der Waals surface area (Å²) in [4.78, 5) is 0. The third-order valence-corrected chi connectivity index (χ3v) is 5.44. The highest BCUT2D eigenvalue weighted by molar-refractivity contribution is 7.56. The van der Waals surface area contributed by atoms with Crippen LogP contribution in [-0.4, -0.2) is 14.2 Å². The summed E-state index contributed by atoms with van der Waals surface area (Å²) >= 11 is 0. The summed E-state index contributed by atoms with van der Waals surface area (Å²) < 4.78 is 74.6. The molecule has 0 saturated heterocycles. The average Bonchev–Trinajstić information content (AvgIpc) is 2.74. The molecular formula is C21H19F3NO5P. The van der Waals surface area contributed by atoms with Crippen molar-refractivity contribution < 1.29 is 36.3 Å². The van der Waals surface area contributed by atoms with E-state index in [4.69, 9.17) is 18.5 Å². The lowest BCUT2D eigenvalue weighted by molar-refractivity contribution is -0.137. The molecule has 164 valence electrons. The second-order valence-corrected chi connectivity index (χ2v) is 7.76. The first-order valence-electron chi connectivity index (χ1n) is 8.95. The molecule has 0 spiro atoms. The van der Waals surface area contributed by atoms with Gasteiger partial charge in [0.05, 0.1) is 19.8 Å². The molecule has 0 aliphatic heterocycles. The van der Waals surface area contributed by atoms with E-state index in [1.54, 1.807) is 36.4 Å². The zero-order valence-corrected chi connectivity index (χ0v) is 17.4. The van der Waals surface area contributed by atoms with Gasteiger partial charge in [0.25, 0.3) is 0 Å². The number of anilines is 1. The average molecular weight is 453 g/mol. The molecule has 0 bridgehead atoms. The maximum atomic E-state index is 13.7. The van der Waals surface area contributed by atoms with Crippen LogP contribution in [0.25, 0.3) is 0 Å². The van der Waals surface area contributed by atoms with Gasteiger partial charge in [-0.1, -0.05) is 30.3 Å². The van der Waals surface area contributed by atoms with Crippen LogP contribution in [0.15, 0.2) is 72.8 Å². The molecule has 3 rings (SSSR count). The molecule has 0 aromatic heterocycles. The van der Waals surface area contributed by atoms with Gasteiger partial charge >= 0.3 is 13.9 Å². The van der Waals surface area contributed by atoms with Gasteiger partial charge < -0.3 is 18.5 Å². The van der Waals surface area contributed by atoms with Crippen molar-refractivity contribution in [1.29, 1.82) is 0 Å². The molecule has 1 N–H and O–H groups in total. The van der Waals surface area contributed by atoms with Gasteiger partial charge in [-0.3, -0.25) is 5.09 Å². The van der Waals surface area contributed by atoms with Crippen LogP contribution < -0.4 is 23.6 Å². The second kappa shape index (κ2) is 9.22. The largest absolute Gasteiger partial charge is 0.541 e. The van der Waals surface area contributed by atoms with Crippen molar-refractivity contribution in [3.05, 3.63) is 78.4 Å². The predicted octanol–water partition coefficient (Wildman–Crippen LogP) is 6.40. The summed E-state index contributed by atoms with van der Waals surface area (Å²) in [6.07, 6.45) is -4.57. The van der Waals surface area contributed by atoms with Gasteiger partial charge in [0.2, 0.25) is 0 Å². The van der Waals surface area contributed by atoms with Crippen molar-refractivity contribution in [2.24, 2.45) is 0 Å². The minimum absolute atomic E-state index is 0.0720. The van der Waals surface area contributed by atoms with E-state index in [1.165, 1.54) is 38.5 Å². The third kappa shape index (κ3) is 5.64. The van der Waals surface area contributed by atoms with Crippen molar-refractivity contribution in [3.8, 4) is 23.0 Å². The van der Waals surface area contributed by atoms with Gasteiger partial charge in [-0.2, -0.15) is 13.2 Å². The van der Waals surface area contributed by atoms with Gasteiger partial charge in [0, 0.05) is 5.69 Å². The van der Waals surface area contributed by atoms with Crippen LogP contribution >= 0.6 is 7.75 Å². The van der Waals surface area contributed by atoms with Gasteiger partial charge in [-0.25, -0.2) is 4.57 Å². The van der Waals surface area contributed by atoms with Crippen LogP contribution in [0.3, 0.4) is 0 Å². The molecule has 3 aromatic carbocycles. The smallest absolute Gasteiger partial charge is 0.493 e. The molecule has 10 heteroatoms. The number of hydrogen-bond acceptors (Lipinski definition) is 5. The summed E-state index contributed by atoms with van der Waals surface area (Å²) in [6, 6.07) is 16.9. The summed E-state index contributed by atoms with van der Waals surface area (Å²) in [6.45, 7) is 0. The first-order chi connectivity index (χ1) is 14.7.